The van der Waals surface area contributed by atoms with Crippen LogP contribution in [0.2, 0.25) is 0 Å². The molecule has 3 rings (SSSR count). The van der Waals surface area contributed by atoms with E-state index >= 15 is 0 Å². The van der Waals surface area contributed by atoms with Crippen LogP contribution in [0, 0.1) is 17.0 Å². The van der Waals surface area contributed by atoms with Crippen LogP contribution in [-0.4, -0.2) is 18.0 Å². The van der Waals surface area contributed by atoms with E-state index in [4.69, 9.17) is 0 Å². The summed E-state index contributed by atoms with van der Waals surface area (Å²) >= 11 is 0. The number of aliphatic hydroxyl groups excluding tert-OH is 1. The van der Waals surface area contributed by atoms with Gasteiger partial charge < -0.3 is 9.90 Å². The quantitative estimate of drug-likeness (QED) is 0.876. The molecule has 0 heterocycles. The number of aldehydes is 1. The zero-order valence-electron chi connectivity index (χ0n) is 11.2. The van der Waals surface area contributed by atoms with Crippen molar-refractivity contribution in [2.24, 2.45) is 5.41 Å². The fraction of sp³-hybridized carbons (Fsp3) is 0.235. The van der Waals surface area contributed by atoms with E-state index in [2.05, 4.69) is 0 Å². The second kappa shape index (κ2) is 5.04. The van der Waals surface area contributed by atoms with Crippen LogP contribution in [0.1, 0.15) is 17.9 Å². The largest absolute Gasteiger partial charge is 0.395 e. The van der Waals surface area contributed by atoms with E-state index in [1.54, 1.807) is 24.3 Å². The summed E-state index contributed by atoms with van der Waals surface area (Å²) in [5, 5.41) is 9.38. The predicted molar refractivity (Wildman–Crippen MR) is 74.7 cm³/mol. The summed E-state index contributed by atoms with van der Waals surface area (Å²) in [6.45, 7) is -0.255. The number of rotatable bonds is 4. The molecule has 1 fully saturated rings. The van der Waals surface area contributed by atoms with Gasteiger partial charge in [0.05, 0.1) is 17.6 Å². The van der Waals surface area contributed by atoms with Crippen molar-refractivity contribution in [2.75, 3.05) is 6.61 Å². The van der Waals surface area contributed by atoms with Gasteiger partial charge in [0.2, 0.25) is 0 Å². The smallest absolute Gasteiger partial charge is 0.133 e. The first-order chi connectivity index (χ1) is 10.1. The molecular weight excluding hydrogens is 274 g/mol. The second-order valence-electron chi connectivity index (χ2n) is 5.45. The van der Waals surface area contributed by atoms with Crippen LogP contribution < -0.4 is 0 Å². The fourth-order valence-corrected chi connectivity index (χ4v) is 2.87. The van der Waals surface area contributed by atoms with E-state index in [1.165, 1.54) is 18.2 Å². The highest BCUT2D eigenvalue weighted by atomic mass is 19.1. The molecule has 1 aliphatic carbocycles. The minimum atomic E-state index is -0.808. The normalized spacial score (nSPS) is 23.9. The van der Waals surface area contributed by atoms with Crippen molar-refractivity contribution < 1.29 is 18.7 Å². The van der Waals surface area contributed by atoms with Gasteiger partial charge >= 0.3 is 0 Å². The molecule has 0 amide bonds. The number of hydrogen-bond donors (Lipinski definition) is 1. The van der Waals surface area contributed by atoms with Crippen LogP contribution in [0.5, 0.6) is 0 Å². The number of hydrogen-bond acceptors (Lipinski definition) is 2. The number of benzene rings is 2. The molecule has 2 aromatic carbocycles. The molecule has 2 aromatic rings. The molecule has 0 aromatic heterocycles. The Morgan fingerprint density at radius 3 is 2.38 bits per heavy atom. The van der Waals surface area contributed by atoms with Gasteiger partial charge in [-0.05, 0) is 29.7 Å². The summed E-state index contributed by atoms with van der Waals surface area (Å²) < 4.78 is 28.0. The molecule has 1 saturated carbocycles. The van der Waals surface area contributed by atoms with Crippen molar-refractivity contribution in [3.8, 4) is 11.1 Å². The number of carbonyl (C=O) groups excluding carboxylic acids is 1. The first kappa shape index (κ1) is 13.9. The van der Waals surface area contributed by atoms with Crippen molar-refractivity contribution in [1.82, 2.24) is 0 Å². The number of halogens is 2. The third-order valence-corrected chi connectivity index (χ3v) is 4.22. The zero-order chi connectivity index (χ0) is 15.0. The summed E-state index contributed by atoms with van der Waals surface area (Å²) in [6, 6.07) is 10.6. The van der Waals surface area contributed by atoms with Crippen molar-refractivity contribution in [3.63, 3.8) is 0 Å². The maximum absolute atomic E-state index is 14.0. The molecule has 4 heteroatoms. The SMILES string of the molecule is O=CC1(CO)CC1c1ccccc1-c1c(F)cccc1F. The Morgan fingerprint density at radius 2 is 1.81 bits per heavy atom. The zero-order valence-corrected chi connectivity index (χ0v) is 11.2. The highest BCUT2D eigenvalue weighted by Crippen LogP contribution is 2.59. The standard InChI is InChI=1S/C17H14F2O2/c18-14-6-3-7-15(19)16(14)12-5-2-1-4-11(12)13-8-17(13,9-20)10-21/h1-7,9,13,21H,8,10H2. The van der Waals surface area contributed by atoms with Crippen LogP contribution in [0.15, 0.2) is 42.5 Å². The molecule has 108 valence electrons. The van der Waals surface area contributed by atoms with Crippen LogP contribution in [0.4, 0.5) is 8.78 Å². The van der Waals surface area contributed by atoms with Gasteiger partial charge in [-0.15, -0.1) is 0 Å². The highest BCUT2D eigenvalue weighted by molar-refractivity contribution is 5.75. The predicted octanol–water partition coefficient (Wildman–Crippen LogP) is 3.30. The minimum absolute atomic E-state index is 0.0854. The average Bonchev–Trinajstić information content (AvgIpc) is 3.23. The van der Waals surface area contributed by atoms with Crippen LogP contribution in [0.25, 0.3) is 11.1 Å². The maximum atomic E-state index is 14.0. The Balaban J connectivity index is 2.12. The molecule has 0 saturated heterocycles. The van der Waals surface area contributed by atoms with Crippen LogP contribution in [-0.2, 0) is 4.79 Å². The first-order valence-corrected chi connectivity index (χ1v) is 6.73. The lowest BCUT2D eigenvalue weighted by Gasteiger charge is -2.13. The van der Waals surface area contributed by atoms with Gasteiger partial charge in [-0.1, -0.05) is 30.3 Å². The van der Waals surface area contributed by atoms with E-state index in [0.29, 0.717) is 17.5 Å². The molecule has 1 aliphatic rings. The molecule has 0 radical (unpaired) electrons. The Kier molecular flexibility index (Phi) is 3.33. The van der Waals surface area contributed by atoms with E-state index < -0.39 is 17.0 Å². The molecule has 2 nitrogen and oxygen atoms in total. The lowest BCUT2D eigenvalue weighted by Crippen LogP contribution is -2.11. The molecule has 2 atom stereocenters. The summed E-state index contributed by atoms with van der Waals surface area (Å²) in [5.41, 5.74) is 0.244. The second-order valence-corrected chi connectivity index (χ2v) is 5.45. The van der Waals surface area contributed by atoms with E-state index in [0.717, 1.165) is 6.29 Å². The molecule has 0 spiro atoms. The number of carbonyl (C=O) groups is 1. The van der Waals surface area contributed by atoms with Crippen molar-refractivity contribution in [2.45, 2.75) is 12.3 Å². The van der Waals surface area contributed by atoms with Crippen molar-refractivity contribution in [3.05, 3.63) is 59.7 Å². The fourth-order valence-electron chi connectivity index (χ4n) is 2.87. The summed E-state index contributed by atoms with van der Waals surface area (Å²) in [7, 11) is 0. The Bertz CT molecular complexity index is 679. The summed E-state index contributed by atoms with van der Waals surface area (Å²) in [5.74, 6) is -1.47. The molecular formula is C17H14F2O2. The van der Waals surface area contributed by atoms with E-state index in [9.17, 15) is 18.7 Å². The molecule has 0 bridgehead atoms. The van der Waals surface area contributed by atoms with E-state index in [-0.39, 0.29) is 18.1 Å². The minimum Gasteiger partial charge on any atom is -0.395 e. The molecule has 0 aliphatic heterocycles. The Hall–Kier alpha value is -2.07. The first-order valence-electron chi connectivity index (χ1n) is 6.73. The van der Waals surface area contributed by atoms with Gasteiger partial charge in [0.1, 0.15) is 17.9 Å². The van der Waals surface area contributed by atoms with Gasteiger partial charge in [-0.25, -0.2) is 8.78 Å². The third kappa shape index (κ3) is 2.16. The Morgan fingerprint density at radius 1 is 1.14 bits per heavy atom. The number of aliphatic hydroxyl groups is 1. The van der Waals surface area contributed by atoms with Gasteiger partial charge in [0, 0.05) is 5.92 Å². The molecule has 2 unspecified atom stereocenters. The topological polar surface area (TPSA) is 37.3 Å². The highest BCUT2D eigenvalue weighted by Gasteiger charge is 2.55. The lowest BCUT2D eigenvalue weighted by atomic mass is 9.92. The van der Waals surface area contributed by atoms with Crippen molar-refractivity contribution >= 4 is 6.29 Å². The van der Waals surface area contributed by atoms with Crippen molar-refractivity contribution in [1.29, 1.82) is 0 Å². The van der Waals surface area contributed by atoms with Gasteiger partial charge in [0.15, 0.2) is 0 Å². The average molecular weight is 288 g/mol. The van der Waals surface area contributed by atoms with Crippen LogP contribution >= 0.6 is 0 Å². The molecule has 21 heavy (non-hydrogen) atoms. The summed E-state index contributed by atoms with van der Waals surface area (Å²) in [4.78, 5) is 11.2. The lowest BCUT2D eigenvalue weighted by molar-refractivity contribution is -0.113. The van der Waals surface area contributed by atoms with Gasteiger partial charge in [-0.3, -0.25) is 0 Å². The molecule has 1 N–H and O–H groups in total. The van der Waals surface area contributed by atoms with Crippen LogP contribution in [0.3, 0.4) is 0 Å². The summed E-state index contributed by atoms with van der Waals surface area (Å²) in [6.07, 6.45) is 1.24. The monoisotopic (exact) mass is 288 g/mol. The third-order valence-electron chi connectivity index (χ3n) is 4.22. The van der Waals surface area contributed by atoms with E-state index in [1.807, 2.05) is 0 Å². The maximum Gasteiger partial charge on any atom is 0.133 e. The Labute approximate surface area is 121 Å². The van der Waals surface area contributed by atoms with Gasteiger partial charge in [0.25, 0.3) is 0 Å². The van der Waals surface area contributed by atoms with Gasteiger partial charge in [-0.2, -0.15) is 0 Å².